The summed E-state index contributed by atoms with van der Waals surface area (Å²) >= 11 is 0. The SMILES string of the molecule is c1cc(-c2ccc(N(c3ccc(-c4cccc5ccccc45)cc3)c3cccc4c3oc3c5ccccc5ccc43)cc2)cc(-n2c3ccccc3c3ccccc32)c1. The standard InChI is InChI=1S/C56H36N2O/c1-3-17-45-38(12-1)14-10-21-46(45)40-28-33-43(34-29-40)57(54-25-11-22-50-51-35-30-39-13-2-4-18-47(39)55(51)59-56(50)54)42-31-26-37(27-32-42)41-15-9-16-44(36-41)58-52-23-7-5-19-48(52)49-20-6-8-24-53(49)58/h1-36H. The molecule has 0 amide bonds. The summed E-state index contributed by atoms with van der Waals surface area (Å²) < 4.78 is 9.30. The average Bonchev–Trinajstić information content (AvgIpc) is 3.86. The van der Waals surface area contributed by atoms with Gasteiger partial charge in [-0.1, -0.05) is 158 Å². The highest BCUT2D eigenvalue weighted by molar-refractivity contribution is 6.17. The van der Waals surface area contributed by atoms with E-state index < -0.39 is 0 Å². The first kappa shape index (κ1) is 33.3. The maximum Gasteiger partial charge on any atom is 0.159 e. The van der Waals surface area contributed by atoms with E-state index in [0.29, 0.717) is 0 Å². The number of hydrogen-bond donors (Lipinski definition) is 0. The van der Waals surface area contributed by atoms with E-state index >= 15 is 0 Å². The fourth-order valence-electron chi connectivity index (χ4n) is 9.21. The van der Waals surface area contributed by atoms with Crippen LogP contribution in [-0.2, 0) is 0 Å². The van der Waals surface area contributed by atoms with Crippen molar-refractivity contribution in [3.05, 3.63) is 218 Å². The van der Waals surface area contributed by atoms with Gasteiger partial charge in [-0.2, -0.15) is 0 Å². The quantitative estimate of drug-likeness (QED) is 0.169. The van der Waals surface area contributed by atoms with Crippen LogP contribution in [0.15, 0.2) is 223 Å². The summed E-state index contributed by atoms with van der Waals surface area (Å²) in [5, 5.41) is 9.50. The third kappa shape index (κ3) is 5.36. The van der Waals surface area contributed by atoms with Crippen LogP contribution in [0.25, 0.3) is 93.2 Å². The van der Waals surface area contributed by atoms with Crippen molar-refractivity contribution in [1.82, 2.24) is 4.57 Å². The van der Waals surface area contributed by atoms with Crippen molar-refractivity contribution in [2.45, 2.75) is 0 Å². The molecule has 3 nitrogen and oxygen atoms in total. The van der Waals surface area contributed by atoms with E-state index in [4.69, 9.17) is 4.42 Å². The second-order valence-corrected chi connectivity index (χ2v) is 15.3. The molecule has 0 fully saturated rings. The number of anilines is 3. The highest BCUT2D eigenvalue weighted by Crippen LogP contribution is 2.44. The number of benzene rings is 10. The van der Waals surface area contributed by atoms with E-state index in [1.165, 1.54) is 49.1 Å². The zero-order valence-electron chi connectivity index (χ0n) is 32.1. The minimum Gasteiger partial charge on any atom is -0.453 e. The van der Waals surface area contributed by atoms with E-state index in [9.17, 15) is 0 Å². The van der Waals surface area contributed by atoms with Crippen LogP contribution in [0.4, 0.5) is 17.1 Å². The molecule has 0 saturated carbocycles. The monoisotopic (exact) mass is 752 g/mol. The highest BCUT2D eigenvalue weighted by Gasteiger charge is 2.21. The summed E-state index contributed by atoms with van der Waals surface area (Å²) in [4.78, 5) is 2.33. The number of para-hydroxylation sites is 3. The molecular weight excluding hydrogens is 717 g/mol. The molecule has 2 aromatic heterocycles. The first-order chi connectivity index (χ1) is 29.3. The van der Waals surface area contributed by atoms with Crippen LogP contribution in [0, 0.1) is 0 Å². The van der Waals surface area contributed by atoms with Crippen molar-refractivity contribution in [3.8, 4) is 27.9 Å². The van der Waals surface area contributed by atoms with E-state index in [1.807, 2.05) is 0 Å². The summed E-state index contributed by atoms with van der Waals surface area (Å²) in [6.45, 7) is 0. The topological polar surface area (TPSA) is 21.3 Å². The number of furan rings is 1. The van der Waals surface area contributed by atoms with Gasteiger partial charge in [0, 0.05) is 44.0 Å². The van der Waals surface area contributed by atoms with Gasteiger partial charge in [0.25, 0.3) is 0 Å². The van der Waals surface area contributed by atoms with Crippen molar-refractivity contribution >= 4 is 82.4 Å². The van der Waals surface area contributed by atoms with Crippen molar-refractivity contribution in [2.24, 2.45) is 0 Å². The lowest BCUT2D eigenvalue weighted by atomic mass is 9.98. The second kappa shape index (κ2) is 13.4. The molecule has 12 rings (SSSR count). The van der Waals surface area contributed by atoms with Gasteiger partial charge in [0.15, 0.2) is 5.58 Å². The molecule has 10 aromatic carbocycles. The first-order valence-electron chi connectivity index (χ1n) is 20.2. The molecule has 3 heteroatoms. The lowest BCUT2D eigenvalue weighted by molar-refractivity contribution is 0.673. The number of nitrogens with zero attached hydrogens (tertiary/aromatic N) is 2. The zero-order valence-corrected chi connectivity index (χ0v) is 32.1. The fraction of sp³-hybridized carbons (Fsp3) is 0. The lowest BCUT2D eigenvalue weighted by Gasteiger charge is -2.26. The van der Waals surface area contributed by atoms with Crippen molar-refractivity contribution in [3.63, 3.8) is 0 Å². The molecule has 0 N–H and O–H groups in total. The molecule has 0 aliphatic rings. The fourth-order valence-corrected chi connectivity index (χ4v) is 9.21. The highest BCUT2D eigenvalue weighted by atomic mass is 16.3. The van der Waals surface area contributed by atoms with Crippen LogP contribution < -0.4 is 4.90 Å². The predicted octanol–water partition coefficient (Wildman–Crippen LogP) is 15.8. The maximum absolute atomic E-state index is 6.92. The summed E-state index contributed by atoms with van der Waals surface area (Å²) in [7, 11) is 0. The molecule has 0 aliphatic heterocycles. The predicted molar refractivity (Wildman–Crippen MR) is 249 cm³/mol. The van der Waals surface area contributed by atoms with E-state index in [-0.39, 0.29) is 0 Å². The van der Waals surface area contributed by atoms with Crippen molar-refractivity contribution < 1.29 is 4.42 Å². The third-order valence-corrected chi connectivity index (χ3v) is 12.0. The summed E-state index contributed by atoms with van der Waals surface area (Å²) in [6, 6.07) is 78.6. The Morgan fingerprint density at radius 3 is 1.61 bits per heavy atom. The molecule has 0 bridgehead atoms. The Balaban J connectivity index is 0.993. The van der Waals surface area contributed by atoms with Gasteiger partial charge in [-0.15, -0.1) is 0 Å². The molecule has 2 heterocycles. The minimum atomic E-state index is 0.861. The number of rotatable bonds is 6. The molecular formula is C56H36N2O. The van der Waals surface area contributed by atoms with Gasteiger partial charge in [-0.05, 0) is 99.1 Å². The molecule has 59 heavy (non-hydrogen) atoms. The van der Waals surface area contributed by atoms with Crippen LogP contribution in [0.1, 0.15) is 0 Å². The Kier molecular flexibility index (Phi) is 7.54. The van der Waals surface area contributed by atoms with Gasteiger partial charge < -0.3 is 13.9 Å². The maximum atomic E-state index is 6.92. The third-order valence-electron chi connectivity index (χ3n) is 12.0. The van der Waals surface area contributed by atoms with Crippen LogP contribution in [-0.4, -0.2) is 4.57 Å². The molecule has 0 unspecified atom stereocenters. The Labute approximate surface area is 341 Å². The largest absolute Gasteiger partial charge is 0.453 e. The molecule has 0 spiro atoms. The van der Waals surface area contributed by atoms with Crippen LogP contribution in [0.3, 0.4) is 0 Å². The van der Waals surface area contributed by atoms with Gasteiger partial charge in [-0.3, -0.25) is 0 Å². The Morgan fingerprint density at radius 1 is 0.339 bits per heavy atom. The molecule has 0 atom stereocenters. The summed E-state index contributed by atoms with van der Waals surface area (Å²) in [5.74, 6) is 0. The lowest BCUT2D eigenvalue weighted by Crippen LogP contribution is -2.10. The minimum absolute atomic E-state index is 0.861. The molecule has 276 valence electrons. The number of fused-ring (bicyclic) bond motifs is 9. The normalized spacial score (nSPS) is 11.7. The first-order valence-corrected chi connectivity index (χ1v) is 20.2. The summed E-state index contributed by atoms with van der Waals surface area (Å²) in [6.07, 6.45) is 0. The Bertz CT molecular complexity index is 3500. The number of aromatic nitrogens is 1. The smallest absolute Gasteiger partial charge is 0.159 e. The Morgan fingerprint density at radius 2 is 0.881 bits per heavy atom. The Hall–Kier alpha value is -7.88. The molecule has 0 saturated heterocycles. The van der Waals surface area contributed by atoms with Crippen molar-refractivity contribution in [1.29, 1.82) is 0 Å². The molecule has 0 aliphatic carbocycles. The van der Waals surface area contributed by atoms with Crippen LogP contribution in [0.2, 0.25) is 0 Å². The van der Waals surface area contributed by atoms with Gasteiger partial charge in [0.1, 0.15) is 5.58 Å². The van der Waals surface area contributed by atoms with Crippen molar-refractivity contribution in [2.75, 3.05) is 4.90 Å². The van der Waals surface area contributed by atoms with Gasteiger partial charge >= 0.3 is 0 Å². The van der Waals surface area contributed by atoms with Crippen LogP contribution in [0.5, 0.6) is 0 Å². The van der Waals surface area contributed by atoms with Gasteiger partial charge in [0.2, 0.25) is 0 Å². The second-order valence-electron chi connectivity index (χ2n) is 15.3. The zero-order chi connectivity index (χ0) is 38.9. The van der Waals surface area contributed by atoms with Gasteiger partial charge in [0.05, 0.1) is 16.7 Å². The van der Waals surface area contributed by atoms with E-state index in [0.717, 1.165) is 61.2 Å². The van der Waals surface area contributed by atoms with Crippen LogP contribution >= 0.6 is 0 Å². The molecule has 12 aromatic rings. The van der Waals surface area contributed by atoms with E-state index in [2.05, 4.69) is 228 Å². The molecule has 0 radical (unpaired) electrons. The number of hydrogen-bond acceptors (Lipinski definition) is 2. The van der Waals surface area contributed by atoms with E-state index in [1.54, 1.807) is 0 Å². The summed E-state index contributed by atoms with van der Waals surface area (Å²) in [5.41, 5.74) is 13.1. The van der Waals surface area contributed by atoms with Gasteiger partial charge in [-0.25, -0.2) is 0 Å². The average molecular weight is 753 g/mol.